The van der Waals surface area contributed by atoms with Crippen LogP contribution in [0.15, 0.2) is 61.2 Å². The van der Waals surface area contributed by atoms with Crippen molar-refractivity contribution in [2.75, 3.05) is 26.2 Å². The first kappa shape index (κ1) is 21.5. The van der Waals surface area contributed by atoms with Gasteiger partial charge in [-0.1, -0.05) is 25.5 Å². The van der Waals surface area contributed by atoms with Crippen LogP contribution in [0.2, 0.25) is 0 Å². The Labute approximate surface area is 194 Å². The number of benzene rings is 2. The van der Waals surface area contributed by atoms with Crippen molar-refractivity contribution in [1.29, 1.82) is 0 Å². The molecule has 0 saturated carbocycles. The van der Waals surface area contributed by atoms with Gasteiger partial charge in [0, 0.05) is 48.7 Å². The summed E-state index contributed by atoms with van der Waals surface area (Å²) in [7, 11) is 0. The number of hydrogen-bond acceptors (Lipinski definition) is 6. The molecule has 3 aromatic rings. The molecule has 3 heterocycles. The molecule has 33 heavy (non-hydrogen) atoms. The van der Waals surface area contributed by atoms with Crippen LogP contribution in [-0.4, -0.2) is 46.2 Å². The highest BCUT2D eigenvalue weighted by Crippen LogP contribution is 2.47. The summed E-state index contributed by atoms with van der Waals surface area (Å²) in [6, 6.07) is 13.3. The van der Waals surface area contributed by atoms with Gasteiger partial charge < -0.3 is 14.6 Å². The molecule has 2 aliphatic rings. The number of phenols is 1. The molecule has 1 N–H and O–H groups in total. The van der Waals surface area contributed by atoms with Crippen molar-refractivity contribution in [3.05, 3.63) is 77.9 Å². The number of rotatable bonds is 7. The van der Waals surface area contributed by atoms with Gasteiger partial charge in [0.25, 0.3) is 0 Å². The quantitative estimate of drug-likeness (QED) is 0.556. The third kappa shape index (κ3) is 4.44. The summed E-state index contributed by atoms with van der Waals surface area (Å²) in [4.78, 5) is 10.9. The molecule has 2 aromatic carbocycles. The summed E-state index contributed by atoms with van der Waals surface area (Å²) in [6.07, 6.45) is 6.07. The molecule has 1 atom stereocenters. The van der Waals surface area contributed by atoms with Crippen LogP contribution in [0.25, 0.3) is 11.1 Å². The standard InChI is InChI=1S/C27H29N3O3/c1-3-19-15-30(16-19)10-11-32-23-7-4-20(5-8-23)27-26(21-13-28-17-29-14-21)18(2)24-12-22(31)6-9-25(24)33-27/h4-9,12-14,17,19,27,31H,3,10-11,15-16H2,1-2H3. The molecule has 0 amide bonds. The first-order valence-electron chi connectivity index (χ1n) is 11.5. The highest BCUT2D eigenvalue weighted by atomic mass is 16.5. The number of allylic oxidation sites excluding steroid dienone is 1. The molecule has 2 aliphatic heterocycles. The number of aromatic hydroxyl groups is 1. The molecule has 170 valence electrons. The number of ether oxygens (including phenoxy) is 2. The van der Waals surface area contributed by atoms with Gasteiger partial charge in [-0.15, -0.1) is 0 Å². The second kappa shape index (κ2) is 9.24. The van der Waals surface area contributed by atoms with Crippen LogP contribution in [0.3, 0.4) is 0 Å². The predicted octanol–water partition coefficient (Wildman–Crippen LogP) is 4.97. The van der Waals surface area contributed by atoms with Gasteiger partial charge in [0.2, 0.25) is 0 Å². The van der Waals surface area contributed by atoms with Crippen molar-refractivity contribution in [2.24, 2.45) is 5.92 Å². The van der Waals surface area contributed by atoms with E-state index in [1.807, 2.05) is 25.1 Å². The minimum absolute atomic E-state index is 0.212. The Morgan fingerprint density at radius 1 is 1.09 bits per heavy atom. The Kier molecular flexibility index (Phi) is 6.01. The van der Waals surface area contributed by atoms with Gasteiger partial charge in [0.05, 0.1) is 0 Å². The zero-order chi connectivity index (χ0) is 22.8. The Balaban J connectivity index is 1.36. The zero-order valence-electron chi connectivity index (χ0n) is 19.1. The second-order valence-electron chi connectivity index (χ2n) is 8.80. The van der Waals surface area contributed by atoms with E-state index in [9.17, 15) is 5.11 Å². The van der Waals surface area contributed by atoms with Crippen LogP contribution in [0.5, 0.6) is 17.2 Å². The predicted molar refractivity (Wildman–Crippen MR) is 128 cm³/mol. The average Bonchev–Trinajstić information content (AvgIpc) is 2.82. The topological polar surface area (TPSA) is 67.7 Å². The lowest BCUT2D eigenvalue weighted by atomic mass is 9.87. The molecule has 0 bridgehead atoms. The van der Waals surface area contributed by atoms with E-state index in [-0.39, 0.29) is 11.9 Å². The normalized spacial score (nSPS) is 18.4. The van der Waals surface area contributed by atoms with Gasteiger partial charge >= 0.3 is 0 Å². The van der Waals surface area contributed by atoms with Gasteiger partial charge in [0.15, 0.2) is 0 Å². The van der Waals surface area contributed by atoms with Crippen LogP contribution >= 0.6 is 0 Å². The van der Waals surface area contributed by atoms with Crippen molar-refractivity contribution >= 4 is 11.1 Å². The summed E-state index contributed by atoms with van der Waals surface area (Å²) >= 11 is 0. The van der Waals surface area contributed by atoms with Gasteiger partial charge in [0.1, 0.15) is 36.3 Å². The van der Waals surface area contributed by atoms with Crippen molar-refractivity contribution < 1.29 is 14.6 Å². The Bertz CT molecular complexity index is 1140. The molecule has 1 aromatic heterocycles. The van der Waals surface area contributed by atoms with E-state index in [1.54, 1.807) is 24.5 Å². The minimum atomic E-state index is -0.311. The number of nitrogens with zero attached hydrogens (tertiary/aromatic N) is 3. The van der Waals surface area contributed by atoms with Crippen molar-refractivity contribution in [3.8, 4) is 17.2 Å². The fourth-order valence-corrected chi connectivity index (χ4v) is 4.63. The molecule has 6 heteroatoms. The van der Waals surface area contributed by atoms with Gasteiger partial charge in [-0.2, -0.15) is 0 Å². The number of phenolic OH excluding ortho intramolecular Hbond substituents is 1. The highest BCUT2D eigenvalue weighted by molar-refractivity contribution is 5.95. The largest absolute Gasteiger partial charge is 0.508 e. The third-order valence-corrected chi connectivity index (χ3v) is 6.62. The molecule has 0 aliphatic carbocycles. The molecule has 0 spiro atoms. The first-order chi connectivity index (χ1) is 16.1. The van der Waals surface area contributed by atoms with Crippen molar-refractivity contribution in [3.63, 3.8) is 0 Å². The van der Waals surface area contributed by atoms with E-state index < -0.39 is 0 Å². The van der Waals surface area contributed by atoms with E-state index in [0.717, 1.165) is 51.8 Å². The summed E-state index contributed by atoms with van der Waals surface area (Å²) in [5.41, 5.74) is 4.82. The lowest BCUT2D eigenvalue weighted by Gasteiger charge is -2.38. The van der Waals surface area contributed by atoms with Gasteiger partial charge in [-0.3, -0.25) is 4.90 Å². The monoisotopic (exact) mass is 443 g/mol. The van der Waals surface area contributed by atoms with E-state index in [1.165, 1.54) is 25.8 Å². The molecule has 1 saturated heterocycles. The zero-order valence-corrected chi connectivity index (χ0v) is 19.1. The molecular weight excluding hydrogens is 414 g/mol. The smallest absolute Gasteiger partial charge is 0.150 e. The van der Waals surface area contributed by atoms with Crippen LogP contribution in [0, 0.1) is 5.92 Å². The number of fused-ring (bicyclic) bond motifs is 1. The van der Waals surface area contributed by atoms with Crippen LogP contribution in [-0.2, 0) is 0 Å². The molecule has 0 radical (unpaired) electrons. The maximum Gasteiger partial charge on any atom is 0.150 e. The van der Waals surface area contributed by atoms with Crippen molar-refractivity contribution in [2.45, 2.75) is 26.4 Å². The number of aromatic nitrogens is 2. The molecule has 6 nitrogen and oxygen atoms in total. The van der Waals surface area contributed by atoms with E-state index in [2.05, 4.69) is 33.9 Å². The highest BCUT2D eigenvalue weighted by Gasteiger charge is 2.30. The lowest BCUT2D eigenvalue weighted by Crippen LogP contribution is -2.47. The Morgan fingerprint density at radius 2 is 1.85 bits per heavy atom. The molecular formula is C27H29N3O3. The molecule has 5 rings (SSSR count). The number of likely N-dealkylation sites (tertiary alicyclic amines) is 1. The Morgan fingerprint density at radius 3 is 2.58 bits per heavy atom. The summed E-state index contributed by atoms with van der Waals surface area (Å²) in [5.74, 6) is 2.67. The lowest BCUT2D eigenvalue weighted by molar-refractivity contribution is 0.0806. The number of hydrogen-bond donors (Lipinski definition) is 1. The fourth-order valence-electron chi connectivity index (χ4n) is 4.63. The van der Waals surface area contributed by atoms with Crippen LogP contribution in [0.4, 0.5) is 0 Å². The van der Waals surface area contributed by atoms with E-state index >= 15 is 0 Å². The molecule has 1 fully saturated rings. The van der Waals surface area contributed by atoms with Crippen LogP contribution < -0.4 is 9.47 Å². The first-order valence-corrected chi connectivity index (χ1v) is 11.5. The maximum absolute atomic E-state index is 10.0. The van der Waals surface area contributed by atoms with Crippen molar-refractivity contribution in [1.82, 2.24) is 14.9 Å². The van der Waals surface area contributed by atoms with Gasteiger partial charge in [-0.25, -0.2) is 9.97 Å². The van der Waals surface area contributed by atoms with E-state index in [4.69, 9.17) is 9.47 Å². The third-order valence-electron chi connectivity index (χ3n) is 6.62. The van der Waals surface area contributed by atoms with E-state index in [0.29, 0.717) is 6.61 Å². The maximum atomic E-state index is 10.0. The van der Waals surface area contributed by atoms with Gasteiger partial charge in [-0.05, 0) is 54.3 Å². The summed E-state index contributed by atoms with van der Waals surface area (Å²) in [6.45, 7) is 8.34. The summed E-state index contributed by atoms with van der Waals surface area (Å²) in [5, 5.41) is 10.0. The fraction of sp³-hybridized carbons (Fsp3) is 0.333. The molecule has 1 unspecified atom stereocenters. The minimum Gasteiger partial charge on any atom is -0.508 e. The SMILES string of the molecule is CCC1CN(CCOc2ccc(C3Oc4ccc(O)cc4C(C)=C3c3cncnc3)cc2)C1. The summed E-state index contributed by atoms with van der Waals surface area (Å²) < 4.78 is 12.4. The van der Waals surface area contributed by atoms with Crippen LogP contribution in [0.1, 0.15) is 43.1 Å². The second-order valence-corrected chi connectivity index (χ2v) is 8.80. The average molecular weight is 444 g/mol. The Hall–Kier alpha value is -3.38.